The van der Waals surface area contributed by atoms with E-state index in [1.165, 1.54) is 10.5 Å². The third kappa shape index (κ3) is 4.27. The van der Waals surface area contributed by atoms with E-state index in [-0.39, 0.29) is 11.3 Å². The van der Waals surface area contributed by atoms with Crippen LogP contribution < -0.4 is 10.9 Å². The molecule has 0 bridgehead atoms. The first-order valence-electron chi connectivity index (χ1n) is 11.2. The lowest BCUT2D eigenvalue weighted by atomic mass is 10.1. The summed E-state index contributed by atoms with van der Waals surface area (Å²) in [7, 11) is 1.96. The number of aliphatic hydroxyl groups is 1. The lowest BCUT2D eigenvalue weighted by Crippen LogP contribution is -2.43. The highest BCUT2D eigenvalue weighted by Gasteiger charge is 2.35. The highest BCUT2D eigenvalue weighted by atomic mass is 16.3. The summed E-state index contributed by atoms with van der Waals surface area (Å²) in [6, 6.07) is 14.5. The Hall–Kier alpha value is -3.49. The van der Waals surface area contributed by atoms with Crippen LogP contribution in [0.2, 0.25) is 0 Å². The van der Waals surface area contributed by atoms with E-state index >= 15 is 0 Å². The Morgan fingerprint density at radius 1 is 1.21 bits per heavy atom. The summed E-state index contributed by atoms with van der Waals surface area (Å²) in [6.45, 7) is 0.957. The van der Waals surface area contributed by atoms with Crippen LogP contribution in [0.4, 0.5) is 0 Å². The first-order valence-corrected chi connectivity index (χ1v) is 11.2. The largest absolute Gasteiger partial charge is 0.376 e. The van der Waals surface area contributed by atoms with Crippen LogP contribution in [0.1, 0.15) is 47.4 Å². The highest BCUT2D eigenvalue weighted by molar-refractivity contribution is 5.92. The second-order valence-electron chi connectivity index (χ2n) is 8.85. The van der Waals surface area contributed by atoms with Crippen molar-refractivity contribution in [2.24, 2.45) is 0 Å². The number of carbonyl (C=O) groups is 1. The van der Waals surface area contributed by atoms with Gasteiger partial charge in [0.2, 0.25) is 0 Å². The number of benzene rings is 1. The number of fused-ring (bicyclic) bond motifs is 2. The second kappa shape index (κ2) is 8.46. The van der Waals surface area contributed by atoms with Gasteiger partial charge in [-0.2, -0.15) is 0 Å². The molecule has 1 aliphatic rings. The van der Waals surface area contributed by atoms with Gasteiger partial charge in [0.25, 0.3) is 11.5 Å². The molecule has 0 saturated heterocycles. The van der Waals surface area contributed by atoms with Gasteiger partial charge in [-0.25, -0.2) is 4.98 Å². The van der Waals surface area contributed by atoms with E-state index in [4.69, 9.17) is 0 Å². The highest BCUT2D eigenvalue weighted by Crippen LogP contribution is 2.33. The zero-order valence-corrected chi connectivity index (χ0v) is 18.5. The molecule has 0 atom stereocenters. The number of hydrogen-bond acceptors (Lipinski definition) is 5. The van der Waals surface area contributed by atoms with Gasteiger partial charge in [-0.05, 0) is 67.9 Å². The van der Waals surface area contributed by atoms with E-state index < -0.39 is 11.6 Å². The van der Waals surface area contributed by atoms with E-state index in [2.05, 4.69) is 21.4 Å². The van der Waals surface area contributed by atoms with Gasteiger partial charge in [0.05, 0.1) is 0 Å². The Bertz CT molecular complexity index is 1380. The van der Waals surface area contributed by atoms with Crippen molar-refractivity contribution >= 4 is 22.5 Å². The number of aromatic amines is 1. The van der Waals surface area contributed by atoms with Gasteiger partial charge in [-0.15, -0.1) is 0 Å². The molecule has 5 rings (SSSR count). The van der Waals surface area contributed by atoms with Crippen molar-refractivity contribution in [3.8, 4) is 0 Å². The Morgan fingerprint density at radius 2 is 2.03 bits per heavy atom. The Morgan fingerprint density at radius 3 is 2.85 bits per heavy atom. The van der Waals surface area contributed by atoms with Crippen molar-refractivity contribution in [2.75, 3.05) is 7.05 Å². The average molecular weight is 446 g/mol. The molecule has 1 aliphatic carbocycles. The van der Waals surface area contributed by atoms with Crippen molar-refractivity contribution < 1.29 is 9.90 Å². The third-order valence-electron chi connectivity index (χ3n) is 6.52. The summed E-state index contributed by atoms with van der Waals surface area (Å²) in [5.74, 6) is -0.392. The minimum atomic E-state index is -0.716. The van der Waals surface area contributed by atoms with Crippen LogP contribution in [-0.4, -0.2) is 43.1 Å². The molecule has 1 amide bonds. The second-order valence-corrected chi connectivity index (χ2v) is 8.85. The van der Waals surface area contributed by atoms with Crippen molar-refractivity contribution in [3.63, 3.8) is 0 Å². The predicted molar refractivity (Wildman–Crippen MR) is 126 cm³/mol. The van der Waals surface area contributed by atoms with Crippen molar-refractivity contribution in [1.29, 1.82) is 0 Å². The first kappa shape index (κ1) is 21.4. The summed E-state index contributed by atoms with van der Waals surface area (Å²) >= 11 is 0. The molecular weight excluding hydrogens is 418 g/mol. The molecule has 0 aliphatic heterocycles. The van der Waals surface area contributed by atoms with Gasteiger partial charge in [-0.1, -0.05) is 18.2 Å². The van der Waals surface area contributed by atoms with Crippen molar-refractivity contribution in [2.45, 2.75) is 44.5 Å². The number of nitrogens with zero attached hydrogens (tertiary/aromatic N) is 3. The van der Waals surface area contributed by atoms with Crippen LogP contribution in [0.25, 0.3) is 16.6 Å². The molecule has 1 saturated carbocycles. The molecule has 8 nitrogen and oxygen atoms in total. The van der Waals surface area contributed by atoms with Gasteiger partial charge >= 0.3 is 0 Å². The monoisotopic (exact) mass is 445 g/mol. The molecule has 0 unspecified atom stereocenters. The van der Waals surface area contributed by atoms with Gasteiger partial charge in [0.15, 0.2) is 0 Å². The predicted octanol–water partition coefficient (Wildman–Crippen LogP) is 2.80. The van der Waals surface area contributed by atoms with Gasteiger partial charge in [0.1, 0.15) is 17.1 Å². The number of pyridine rings is 1. The minimum Gasteiger partial charge on any atom is -0.376 e. The van der Waals surface area contributed by atoms with Gasteiger partial charge in [-0.3, -0.25) is 18.9 Å². The number of rotatable bonds is 6. The summed E-state index contributed by atoms with van der Waals surface area (Å²) in [6.07, 6.45) is 5.37. The third-order valence-corrected chi connectivity index (χ3v) is 6.52. The van der Waals surface area contributed by atoms with E-state index in [0.29, 0.717) is 18.7 Å². The van der Waals surface area contributed by atoms with Gasteiger partial charge < -0.3 is 15.4 Å². The molecule has 3 aromatic heterocycles. The van der Waals surface area contributed by atoms with Crippen molar-refractivity contribution in [3.05, 3.63) is 82.0 Å². The molecule has 8 heteroatoms. The lowest BCUT2D eigenvalue weighted by Gasteiger charge is -2.33. The molecule has 33 heavy (non-hydrogen) atoms. The van der Waals surface area contributed by atoms with E-state index in [0.717, 1.165) is 47.8 Å². The molecule has 0 spiro atoms. The quantitative estimate of drug-likeness (QED) is 0.396. The van der Waals surface area contributed by atoms with E-state index in [9.17, 15) is 14.7 Å². The zero-order chi connectivity index (χ0) is 23.0. The Kier molecular flexibility index (Phi) is 5.47. The van der Waals surface area contributed by atoms with E-state index in [1.54, 1.807) is 24.4 Å². The maximum Gasteiger partial charge on any atom is 0.270 e. The molecule has 3 N–H and O–H groups in total. The summed E-state index contributed by atoms with van der Waals surface area (Å²) in [5.41, 5.74) is 2.47. The number of H-pyrrole nitrogens is 1. The standard InChI is InChI=1S/C25H27N5O3/c1-29(25(33)9-3-4-10-25)16-19-13-18-8-7-17(12-20(18)27-19)15-26-24(32)21-14-23(31)30-11-5-2-6-22(30)28-21/h2,5-8,11-14,27,33H,3-4,9-10,15-16H2,1H3,(H,26,32). The molecule has 3 heterocycles. The average Bonchev–Trinajstić information content (AvgIpc) is 3.43. The number of amides is 1. The number of hydrogen-bond donors (Lipinski definition) is 3. The minimum absolute atomic E-state index is 0.0994. The Balaban J connectivity index is 1.28. The van der Waals surface area contributed by atoms with Crippen LogP contribution in [0.15, 0.2) is 59.5 Å². The van der Waals surface area contributed by atoms with E-state index in [1.807, 2.05) is 30.1 Å². The smallest absolute Gasteiger partial charge is 0.270 e. The molecular formula is C25H27N5O3. The van der Waals surface area contributed by atoms with Crippen LogP contribution >= 0.6 is 0 Å². The summed E-state index contributed by atoms with van der Waals surface area (Å²) in [5, 5.41) is 14.7. The van der Waals surface area contributed by atoms with Crippen LogP contribution in [-0.2, 0) is 13.1 Å². The van der Waals surface area contributed by atoms with Crippen LogP contribution in [0, 0.1) is 0 Å². The normalized spacial score (nSPS) is 15.5. The number of nitrogens with one attached hydrogen (secondary N) is 2. The molecule has 170 valence electrons. The number of aromatic nitrogens is 3. The lowest BCUT2D eigenvalue weighted by molar-refractivity contribution is -0.0941. The first-order chi connectivity index (χ1) is 15.9. The van der Waals surface area contributed by atoms with Crippen LogP contribution in [0.3, 0.4) is 0 Å². The van der Waals surface area contributed by atoms with Crippen molar-refractivity contribution in [1.82, 2.24) is 24.6 Å². The maximum absolute atomic E-state index is 12.6. The topological polar surface area (TPSA) is 103 Å². The number of carbonyl (C=O) groups excluding carboxylic acids is 1. The SMILES string of the molecule is CN(Cc1cc2ccc(CNC(=O)c3cc(=O)n4ccccc4n3)cc2[nH]1)C1(O)CCCC1. The zero-order valence-electron chi connectivity index (χ0n) is 18.5. The molecule has 4 aromatic rings. The summed E-state index contributed by atoms with van der Waals surface area (Å²) in [4.78, 5) is 34.6. The molecule has 1 fully saturated rings. The fraction of sp³-hybridized carbons (Fsp3) is 0.320. The molecule has 0 radical (unpaired) electrons. The maximum atomic E-state index is 12.6. The van der Waals surface area contributed by atoms with Crippen LogP contribution in [0.5, 0.6) is 0 Å². The summed E-state index contributed by atoms with van der Waals surface area (Å²) < 4.78 is 1.40. The fourth-order valence-corrected chi connectivity index (χ4v) is 4.60. The molecule has 1 aromatic carbocycles. The van der Waals surface area contributed by atoms with Gasteiger partial charge in [0, 0.05) is 36.6 Å². The Labute approximate surface area is 190 Å². The fourth-order valence-electron chi connectivity index (χ4n) is 4.60.